The van der Waals surface area contributed by atoms with E-state index in [0.29, 0.717) is 6.42 Å². The zero-order valence-electron chi connectivity index (χ0n) is 4.23. The molecule has 0 atom stereocenters. The van der Waals surface area contributed by atoms with Gasteiger partial charge in [-0.2, -0.15) is 0 Å². The van der Waals surface area contributed by atoms with Gasteiger partial charge in [-0.1, -0.05) is 13.3 Å². The van der Waals surface area contributed by atoms with E-state index in [9.17, 15) is 9.90 Å². The SMILES string of the molecule is CCCC(=O)[O-].[Zr+4]. The van der Waals surface area contributed by atoms with Crippen LogP contribution in [0, 0.1) is 0 Å². The summed E-state index contributed by atoms with van der Waals surface area (Å²) in [6.07, 6.45) is 0.850. The van der Waals surface area contributed by atoms with E-state index >= 15 is 0 Å². The molecule has 0 aliphatic carbocycles. The van der Waals surface area contributed by atoms with E-state index in [4.69, 9.17) is 0 Å². The summed E-state index contributed by atoms with van der Waals surface area (Å²) < 4.78 is 0. The molecule has 0 heterocycles. The first-order valence-electron chi connectivity index (χ1n) is 1.97. The fourth-order valence-electron chi connectivity index (χ4n) is 0.204. The third kappa shape index (κ3) is 10.7. The second kappa shape index (κ2) is 6.35. The molecule has 0 aromatic carbocycles. The molecule has 0 bridgehead atoms. The van der Waals surface area contributed by atoms with Crippen LogP contribution in [0.15, 0.2) is 0 Å². The summed E-state index contributed by atoms with van der Waals surface area (Å²) >= 11 is 0. The molecule has 0 unspecified atom stereocenters. The van der Waals surface area contributed by atoms with Gasteiger partial charge in [0.25, 0.3) is 0 Å². The predicted molar refractivity (Wildman–Crippen MR) is 19.9 cm³/mol. The molecule has 0 rings (SSSR count). The summed E-state index contributed by atoms with van der Waals surface area (Å²) in [6.45, 7) is 1.80. The maximum absolute atomic E-state index is 9.49. The van der Waals surface area contributed by atoms with Crippen LogP contribution < -0.4 is 5.11 Å². The van der Waals surface area contributed by atoms with Crippen LogP contribution in [0.3, 0.4) is 0 Å². The first kappa shape index (κ1) is 10.4. The minimum absolute atomic E-state index is 0. The van der Waals surface area contributed by atoms with Crippen molar-refractivity contribution >= 4 is 5.97 Å². The van der Waals surface area contributed by atoms with Gasteiger partial charge in [0.1, 0.15) is 0 Å². The Bertz CT molecular complexity index is 53.7. The van der Waals surface area contributed by atoms with Crippen LogP contribution in [-0.2, 0) is 31.0 Å². The zero-order valence-corrected chi connectivity index (χ0v) is 6.69. The van der Waals surface area contributed by atoms with Crippen molar-refractivity contribution in [3.63, 3.8) is 0 Å². The van der Waals surface area contributed by atoms with Crippen molar-refractivity contribution in [2.45, 2.75) is 19.8 Å². The van der Waals surface area contributed by atoms with Gasteiger partial charge in [-0.05, 0) is 6.42 Å². The maximum atomic E-state index is 9.49. The molecule has 0 saturated heterocycles. The van der Waals surface area contributed by atoms with Gasteiger partial charge in [0, 0.05) is 5.97 Å². The van der Waals surface area contributed by atoms with Gasteiger partial charge in [-0.15, -0.1) is 0 Å². The normalized spacial score (nSPS) is 7.00. The average molecular weight is 178 g/mol. The summed E-state index contributed by atoms with van der Waals surface area (Å²) in [7, 11) is 0. The molecule has 0 spiro atoms. The number of hydrogen-bond acceptors (Lipinski definition) is 2. The fourth-order valence-corrected chi connectivity index (χ4v) is 0.204. The number of carbonyl (C=O) groups is 1. The molecule has 0 fully saturated rings. The minimum Gasteiger partial charge on any atom is -0.550 e. The molecule has 0 N–H and O–H groups in total. The van der Waals surface area contributed by atoms with Gasteiger partial charge in [0.05, 0.1) is 0 Å². The fraction of sp³-hybridized carbons (Fsp3) is 0.750. The van der Waals surface area contributed by atoms with Gasteiger partial charge >= 0.3 is 26.2 Å². The van der Waals surface area contributed by atoms with Gasteiger partial charge in [0.2, 0.25) is 0 Å². The number of aliphatic carboxylic acids is 1. The Morgan fingerprint density at radius 3 is 2.14 bits per heavy atom. The number of carboxylic acid groups (broad SMARTS) is 1. The van der Waals surface area contributed by atoms with Crippen LogP contribution in [-0.4, -0.2) is 5.97 Å². The summed E-state index contributed by atoms with van der Waals surface area (Å²) in [6, 6.07) is 0. The van der Waals surface area contributed by atoms with Crippen molar-refractivity contribution in [3.8, 4) is 0 Å². The first-order chi connectivity index (χ1) is 2.77. The Balaban J connectivity index is 0. The molecule has 0 aromatic rings. The summed E-state index contributed by atoms with van der Waals surface area (Å²) in [5, 5.41) is 9.49. The molecule has 36 valence electrons. The molecule has 7 heavy (non-hydrogen) atoms. The number of carbonyl (C=O) groups excluding carboxylic acids is 1. The monoisotopic (exact) mass is 177 g/mol. The average Bonchev–Trinajstić information content (AvgIpc) is 1.35. The smallest absolute Gasteiger partial charge is 0.550 e. The van der Waals surface area contributed by atoms with Crippen molar-refractivity contribution in [2.24, 2.45) is 0 Å². The summed E-state index contributed by atoms with van der Waals surface area (Å²) in [5.74, 6) is -0.961. The van der Waals surface area contributed by atoms with Crippen LogP contribution in [0.1, 0.15) is 19.8 Å². The molecule has 2 nitrogen and oxygen atoms in total. The van der Waals surface area contributed by atoms with Crippen molar-refractivity contribution in [3.05, 3.63) is 0 Å². The molecule has 0 aromatic heterocycles. The Kier molecular flexibility index (Phi) is 9.40. The Morgan fingerprint density at radius 2 is 2.14 bits per heavy atom. The largest absolute Gasteiger partial charge is 4.00 e. The molecular formula is C4H7O2Zr+3. The number of carboxylic acids is 1. The quantitative estimate of drug-likeness (QED) is 0.574. The Hall–Kier alpha value is 0.353. The maximum Gasteiger partial charge on any atom is 4.00 e. The molecule has 0 saturated carbocycles. The van der Waals surface area contributed by atoms with Crippen molar-refractivity contribution in [1.29, 1.82) is 0 Å². The van der Waals surface area contributed by atoms with Crippen LogP contribution in [0.5, 0.6) is 0 Å². The summed E-state index contributed by atoms with van der Waals surface area (Å²) in [4.78, 5) is 9.49. The molecule has 0 aliphatic heterocycles. The van der Waals surface area contributed by atoms with E-state index in [1.54, 1.807) is 6.92 Å². The van der Waals surface area contributed by atoms with Crippen LogP contribution >= 0.6 is 0 Å². The topological polar surface area (TPSA) is 40.1 Å². The van der Waals surface area contributed by atoms with E-state index in [1.807, 2.05) is 0 Å². The molecule has 3 heteroatoms. The van der Waals surface area contributed by atoms with Crippen molar-refractivity contribution in [1.82, 2.24) is 0 Å². The second-order valence-electron chi connectivity index (χ2n) is 1.12. The van der Waals surface area contributed by atoms with Crippen molar-refractivity contribution in [2.75, 3.05) is 0 Å². The van der Waals surface area contributed by atoms with Crippen molar-refractivity contribution < 1.29 is 36.1 Å². The molecule has 0 amide bonds. The van der Waals surface area contributed by atoms with Crippen LogP contribution in [0.4, 0.5) is 0 Å². The van der Waals surface area contributed by atoms with E-state index in [-0.39, 0.29) is 32.6 Å². The van der Waals surface area contributed by atoms with E-state index in [0.717, 1.165) is 0 Å². The van der Waals surface area contributed by atoms with E-state index < -0.39 is 5.97 Å². The zero-order chi connectivity index (χ0) is 4.99. The molecule has 0 aliphatic rings. The van der Waals surface area contributed by atoms with E-state index in [1.165, 1.54) is 0 Å². The standard InChI is InChI=1S/C4H8O2.Zr/c1-2-3-4(5)6;/h2-3H2,1H3,(H,5,6);/q;+4/p-1. The van der Waals surface area contributed by atoms with Gasteiger partial charge in [-0.3, -0.25) is 0 Å². The number of rotatable bonds is 2. The second-order valence-corrected chi connectivity index (χ2v) is 1.12. The predicted octanol–water partition coefficient (Wildman–Crippen LogP) is -0.466. The number of hydrogen-bond donors (Lipinski definition) is 0. The molecular weight excluding hydrogens is 171 g/mol. The van der Waals surface area contributed by atoms with Crippen LogP contribution in [0.2, 0.25) is 0 Å². The third-order valence-electron chi connectivity index (χ3n) is 0.454. The molecule has 0 radical (unpaired) electrons. The van der Waals surface area contributed by atoms with Gasteiger partial charge in [-0.25, -0.2) is 0 Å². The Morgan fingerprint density at radius 1 is 1.71 bits per heavy atom. The minimum atomic E-state index is -0.961. The Labute approximate surface area is 62.0 Å². The third-order valence-corrected chi connectivity index (χ3v) is 0.454. The van der Waals surface area contributed by atoms with Gasteiger partial charge in [0.15, 0.2) is 0 Å². The van der Waals surface area contributed by atoms with Crippen LogP contribution in [0.25, 0.3) is 0 Å². The summed E-state index contributed by atoms with van der Waals surface area (Å²) in [5.41, 5.74) is 0. The van der Waals surface area contributed by atoms with Gasteiger partial charge < -0.3 is 9.90 Å². The first-order valence-corrected chi connectivity index (χ1v) is 1.97. The van der Waals surface area contributed by atoms with E-state index in [2.05, 4.69) is 0 Å².